The molecule has 2 heterocycles. The van der Waals surface area contributed by atoms with Crippen LogP contribution in [0.15, 0.2) is 30.3 Å². The van der Waals surface area contributed by atoms with Crippen molar-refractivity contribution < 1.29 is 4.74 Å². The highest BCUT2D eigenvalue weighted by atomic mass is 16.5. The van der Waals surface area contributed by atoms with Gasteiger partial charge in [0, 0.05) is 19.7 Å². The Balaban J connectivity index is 1.63. The number of aromatic nitrogens is 4. The first-order valence-corrected chi connectivity index (χ1v) is 13.1. The predicted molar refractivity (Wildman–Crippen MR) is 137 cm³/mol. The van der Waals surface area contributed by atoms with E-state index >= 15 is 0 Å². The minimum atomic E-state index is -0.324. The Morgan fingerprint density at radius 1 is 1.09 bits per heavy atom. The maximum absolute atomic E-state index is 9.66. The highest BCUT2D eigenvalue weighted by molar-refractivity contribution is 5.84. The van der Waals surface area contributed by atoms with Crippen molar-refractivity contribution >= 4 is 17.0 Å². The summed E-state index contributed by atoms with van der Waals surface area (Å²) in [6, 6.07) is 12.6. The minimum Gasteiger partial charge on any atom is -0.369 e. The Kier molecular flexibility index (Phi) is 7.01. The van der Waals surface area contributed by atoms with Crippen LogP contribution < -0.4 is 5.32 Å². The number of nitriles is 1. The van der Waals surface area contributed by atoms with Crippen molar-refractivity contribution in [2.24, 2.45) is 17.8 Å². The molecular formula is C28H36N6O. The number of hydrogen-bond donors (Lipinski definition) is 1. The lowest BCUT2D eigenvalue weighted by Gasteiger charge is -2.32. The van der Waals surface area contributed by atoms with E-state index in [4.69, 9.17) is 9.72 Å². The van der Waals surface area contributed by atoms with Gasteiger partial charge in [0.2, 0.25) is 5.82 Å². The minimum absolute atomic E-state index is 0.150. The van der Waals surface area contributed by atoms with Gasteiger partial charge in [0.25, 0.3) is 0 Å². The second-order valence-electron chi connectivity index (χ2n) is 10.5. The van der Waals surface area contributed by atoms with Crippen LogP contribution in [0.1, 0.15) is 82.1 Å². The summed E-state index contributed by atoms with van der Waals surface area (Å²) in [6.07, 6.45) is 8.37. The second kappa shape index (κ2) is 10.3. The number of hydrogen-bond acceptors (Lipinski definition) is 6. The average molecular weight is 473 g/mol. The number of imidazole rings is 1. The van der Waals surface area contributed by atoms with Crippen LogP contribution in [0.4, 0.5) is 5.82 Å². The molecule has 0 amide bonds. The SMILES string of the molecule is COC(c1ccccc1)c1nc2nc(C#N)nc(N[C@H](C)C3CCC3)c2n1CC1CCC(C)CC1. The maximum atomic E-state index is 9.66. The summed E-state index contributed by atoms with van der Waals surface area (Å²) < 4.78 is 8.31. The van der Waals surface area contributed by atoms with E-state index in [1.54, 1.807) is 7.11 Å². The Hall–Kier alpha value is -2.98. The number of benzene rings is 1. The molecule has 35 heavy (non-hydrogen) atoms. The molecule has 0 aliphatic heterocycles. The zero-order chi connectivity index (χ0) is 24.4. The third-order valence-electron chi connectivity index (χ3n) is 8.10. The van der Waals surface area contributed by atoms with E-state index in [2.05, 4.69) is 51.9 Å². The lowest BCUT2D eigenvalue weighted by Crippen LogP contribution is -2.31. The maximum Gasteiger partial charge on any atom is 0.236 e. The second-order valence-corrected chi connectivity index (χ2v) is 10.5. The summed E-state index contributed by atoms with van der Waals surface area (Å²) in [6.45, 7) is 5.43. The van der Waals surface area contributed by atoms with Crippen LogP contribution in [-0.2, 0) is 11.3 Å². The number of fused-ring (bicyclic) bond motifs is 1. The zero-order valence-corrected chi connectivity index (χ0v) is 21.1. The van der Waals surface area contributed by atoms with Gasteiger partial charge in [-0.15, -0.1) is 0 Å². The molecule has 1 N–H and O–H groups in total. The van der Waals surface area contributed by atoms with E-state index in [0.717, 1.165) is 35.2 Å². The van der Waals surface area contributed by atoms with E-state index < -0.39 is 0 Å². The Bertz CT molecular complexity index is 1190. The lowest BCUT2D eigenvalue weighted by molar-refractivity contribution is 0.124. The number of anilines is 1. The van der Waals surface area contributed by atoms with Gasteiger partial charge in [-0.25, -0.2) is 4.98 Å². The summed E-state index contributed by atoms with van der Waals surface area (Å²) in [5.74, 6) is 3.70. The third-order valence-corrected chi connectivity index (χ3v) is 8.10. The van der Waals surface area contributed by atoms with E-state index in [1.165, 1.54) is 44.9 Å². The molecule has 0 radical (unpaired) electrons. The molecule has 2 aromatic heterocycles. The normalized spacial score (nSPS) is 22.3. The fourth-order valence-corrected chi connectivity index (χ4v) is 5.65. The Labute approximate surface area is 207 Å². The van der Waals surface area contributed by atoms with Crippen molar-refractivity contribution in [1.29, 1.82) is 5.26 Å². The summed E-state index contributed by atoms with van der Waals surface area (Å²) in [4.78, 5) is 14.2. The van der Waals surface area contributed by atoms with Crippen molar-refractivity contribution in [1.82, 2.24) is 19.5 Å². The first-order valence-electron chi connectivity index (χ1n) is 13.1. The quantitative estimate of drug-likeness (QED) is 0.442. The van der Waals surface area contributed by atoms with Gasteiger partial charge in [-0.1, -0.05) is 56.5 Å². The van der Waals surface area contributed by atoms with Crippen LogP contribution >= 0.6 is 0 Å². The standard InChI is InChI=1S/C28H36N6O/c1-18-12-14-20(15-13-18)17-34-24-26(30-19(2)21-10-7-11-21)31-23(16-29)32-27(24)33-28(34)25(35-3)22-8-5-4-6-9-22/h4-6,8-9,18-21,25H,7,10-15,17H2,1-3H3,(H,30,31,32)/t18?,19-,20?,25?/m1/s1. The van der Waals surface area contributed by atoms with Crippen molar-refractivity contribution in [3.8, 4) is 6.07 Å². The molecule has 184 valence electrons. The number of methoxy groups -OCH3 is 1. The molecule has 2 saturated carbocycles. The summed E-state index contributed by atoms with van der Waals surface area (Å²) >= 11 is 0. The third kappa shape index (κ3) is 4.90. The molecule has 7 nitrogen and oxygen atoms in total. The van der Waals surface area contributed by atoms with Crippen molar-refractivity contribution in [2.75, 3.05) is 12.4 Å². The largest absolute Gasteiger partial charge is 0.369 e. The van der Waals surface area contributed by atoms with Gasteiger partial charge in [0.1, 0.15) is 23.5 Å². The molecule has 5 rings (SSSR count). The predicted octanol–water partition coefficient (Wildman–Crippen LogP) is 5.86. The van der Waals surface area contributed by atoms with Crippen molar-refractivity contribution in [2.45, 2.75) is 77.5 Å². The highest BCUT2D eigenvalue weighted by Gasteiger charge is 2.30. The van der Waals surface area contributed by atoms with Gasteiger partial charge in [0.15, 0.2) is 11.5 Å². The molecule has 2 aliphatic carbocycles. The Morgan fingerprint density at radius 2 is 1.83 bits per heavy atom. The van der Waals surface area contributed by atoms with Crippen molar-refractivity contribution in [3.05, 3.63) is 47.5 Å². The monoisotopic (exact) mass is 472 g/mol. The van der Waals surface area contributed by atoms with E-state index in [1.807, 2.05) is 18.2 Å². The van der Waals surface area contributed by atoms with E-state index in [0.29, 0.717) is 17.5 Å². The number of ether oxygens (including phenoxy) is 1. The van der Waals surface area contributed by atoms with Gasteiger partial charge < -0.3 is 14.6 Å². The number of rotatable bonds is 8. The summed E-state index contributed by atoms with van der Waals surface area (Å²) in [5, 5.41) is 13.3. The zero-order valence-electron chi connectivity index (χ0n) is 21.1. The van der Waals surface area contributed by atoms with Crippen LogP contribution in [0.2, 0.25) is 0 Å². The topological polar surface area (TPSA) is 88.7 Å². The molecule has 7 heteroatoms. The van der Waals surface area contributed by atoms with E-state index in [9.17, 15) is 5.26 Å². The van der Waals surface area contributed by atoms with Gasteiger partial charge in [0.05, 0.1) is 0 Å². The number of nitrogens with one attached hydrogen (secondary N) is 1. The average Bonchev–Trinajstić information content (AvgIpc) is 3.18. The van der Waals surface area contributed by atoms with Gasteiger partial charge in [-0.3, -0.25) is 0 Å². The van der Waals surface area contributed by atoms with Crippen LogP contribution in [0.25, 0.3) is 11.2 Å². The summed E-state index contributed by atoms with van der Waals surface area (Å²) in [7, 11) is 1.73. The van der Waals surface area contributed by atoms with Crippen LogP contribution in [0.5, 0.6) is 0 Å². The fraction of sp³-hybridized carbons (Fsp3) is 0.571. The van der Waals surface area contributed by atoms with Gasteiger partial charge in [-0.05, 0) is 55.9 Å². The molecule has 2 aliphatic rings. The lowest BCUT2D eigenvalue weighted by atomic mass is 9.80. The highest BCUT2D eigenvalue weighted by Crippen LogP contribution is 2.36. The van der Waals surface area contributed by atoms with Crippen LogP contribution in [0.3, 0.4) is 0 Å². The first-order chi connectivity index (χ1) is 17.1. The molecule has 2 atom stereocenters. The molecule has 0 saturated heterocycles. The Morgan fingerprint density at radius 3 is 2.46 bits per heavy atom. The van der Waals surface area contributed by atoms with Crippen LogP contribution in [-0.4, -0.2) is 32.7 Å². The molecule has 1 unspecified atom stereocenters. The smallest absolute Gasteiger partial charge is 0.236 e. The first kappa shape index (κ1) is 23.7. The number of nitrogens with zero attached hydrogens (tertiary/aromatic N) is 5. The summed E-state index contributed by atoms with van der Waals surface area (Å²) in [5.41, 5.74) is 2.51. The van der Waals surface area contributed by atoms with Gasteiger partial charge >= 0.3 is 0 Å². The molecule has 0 bridgehead atoms. The fourth-order valence-electron chi connectivity index (χ4n) is 5.65. The van der Waals surface area contributed by atoms with Crippen molar-refractivity contribution in [3.63, 3.8) is 0 Å². The molecule has 3 aromatic rings. The van der Waals surface area contributed by atoms with Crippen LogP contribution in [0, 0.1) is 29.1 Å². The van der Waals surface area contributed by atoms with E-state index in [-0.39, 0.29) is 18.0 Å². The molecule has 0 spiro atoms. The van der Waals surface area contributed by atoms with Gasteiger partial charge in [-0.2, -0.15) is 15.2 Å². The molecule has 1 aromatic carbocycles. The molecular weight excluding hydrogens is 436 g/mol. The molecule has 2 fully saturated rings.